The molecule has 1 unspecified atom stereocenters. The molecule has 1 aliphatic heterocycles. The number of Topliss-reactive ketones (excluding diaryl/α,β-unsaturated/α-hetero) is 1. The van der Waals surface area contributed by atoms with Crippen molar-refractivity contribution < 1.29 is 37.7 Å². The topological polar surface area (TPSA) is 144 Å². The van der Waals surface area contributed by atoms with Gasteiger partial charge in [0.1, 0.15) is 11.4 Å². The van der Waals surface area contributed by atoms with Crippen molar-refractivity contribution in [2.75, 3.05) is 30.9 Å². The van der Waals surface area contributed by atoms with E-state index in [-0.39, 0.29) is 30.6 Å². The van der Waals surface area contributed by atoms with E-state index in [0.717, 1.165) is 22.9 Å². The Hall–Kier alpha value is -3.48. The summed E-state index contributed by atoms with van der Waals surface area (Å²) in [6.07, 6.45) is 3.48. The monoisotopic (exact) mass is 626 g/mol. The zero-order chi connectivity index (χ0) is 31.9. The zero-order valence-electron chi connectivity index (χ0n) is 24.7. The summed E-state index contributed by atoms with van der Waals surface area (Å²) in [7, 11) is -3.24. The van der Waals surface area contributed by atoms with Crippen molar-refractivity contribution in [3.8, 4) is 0 Å². The van der Waals surface area contributed by atoms with Gasteiger partial charge in [0.25, 0.3) is 0 Å². The van der Waals surface area contributed by atoms with E-state index in [1.54, 1.807) is 4.90 Å². The summed E-state index contributed by atoms with van der Waals surface area (Å²) >= 11 is 0. The van der Waals surface area contributed by atoms with Crippen LogP contribution in [0.1, 0.15) is 58.8 Å². The lowest BCUT2D eigenvalue weighted by Crippen LogP contribution is -2.55. The number of aryl methyl sites for hydroxylation is 2. The van der Waals surface area contributed by atoms with Gasteiger partial charge >= 0.3 is 0 Å². The molecule has 1 heterocycles. The summed E-state index contributed by atoms with van der Waals surface area (Å²) in [5.41, 5.74) is 2.31. The first-order valence-electron chi connectivity index (χ1n) is 14.6. The van der Waals surface area contributed by atoms with Crippen molar-refractivity contribution in [2.24, 2.45) is 5.92 Å². The number of carbonyl (C=O) groups excluding carboxylic acids is 2. The number of β-lactam (4-membered cyclic amide) rings is 1. The predicted molar refractivity (Wildman–Crippen MR) is 165 cm³/mol. The van der Waals surface area contributed by atoms with Gasteiger partial charge in [-0.05, 0) is 85.2 Å². The molecule has 236 valence electrons. The van der Waals surface area contributed by atoms with Crippen molar-refractivity contribution in [1.82, 2.24) is 4.72 Å². The number of aliphatic hydroxyl groups excluding tert-OH is 2. The summed E-state index contributed by atoms with van der Waals surface area (Å²) in [6, 6.07) is 20.2. The van der Waals surface area contributed by atoms with Crippen molar-refractivity contribution in [3.63, 3.8) is 0 Å². The molecule has 0 bridgehead atoms. The number of carbonyl (C=O) groups is 2. The molecule has 1 saturated heterocycles. The molecule has 9 nitrogen and oxygen atoms in total. The molecule has 4 rings (SSSR count). The maximum atomic E-state index is 13.5. The van der Waals surface area contributed by atoms with Crippen LogP contribution in [0.2, 0.25) is 0 Å². The number of aliphatic hydroxyl groups is 3. The second kappa shape index (κ2) is 14.5. The number of rotatable bonds is 16. The zero-order valence-corrected chi connectivity index (χ0v) is 25.5. The Morgan fingerprint density at radius 2 is 1.52 bits per heavy atom. The fourth-order valence-corrected chi connectivity index (χ4v) is 5.92. The van der Waals surface area contributed by atoms with E-state index in [1.807, 2.05) is 48.5 Å². The highest BCUT2D eigenvalue weighted by Crippen LogP contribution is 2.46. The van der Waals surface area contributed by atoms with Gasteiger partial charge in [-0.3, -0.25) is 9.59 Å². The van der Waals surface area contributed by atoms with Crippen LogP contribution in [0.3, 0.4) is 0 Å². The summed E-state index contributed by atoms with van der Waals surface area (Å²) in [5.74, 6) is -1.14. The third-order valence-electron chi connectivity index (χ3n) is 8.07. The van der Waals surface area contributed by atoms with Crippen molar-refractivity contribution >= 4 is 27.4 Å². The van der Waals surface area contributed by atoms with Gasteiger partial charge in [-0.2, -0.15) is 0 Å². The third-order valence-corrected chi connectivity index (χ3v) is 8.80. The van der Waals surface area contributed by atoms with Crippen molar-refractivity contribution in [3.05, 3.63) is 101 Å². The number of hydrogen-bond acceptors (Lipinski definition) is 7. The molecule has 0 saturated carbocycles. The average molecular weight is 627 g/mol. The van der Waals surface area contributed by atoms with Crippen LogP contribution < -0.4 is 9.62 Å². The molecule has 1 amide bonds. The Balaban J connectivity index is 1.49. The minimum absolute atomic E-state index is 0.105. The number of nitrogens with zero attached hydrogens (tertiary/aromatic N) is 1. The Labute approximate surface area is 257 Å². The van der Waals surface area contributed by atoms with Crippen LogP contribution in [0.15, 0.2) is 72.8 Å². The van der Waals surface area contributed by atoms with Crippen LogP contribution >= 0.6 is 0 Å². The number of sulfonamides is 1. The van der Waals surface area contributed by atoms with Crippen LogP contribution in [0.5, 0.6) is 0 Å². The molecule has 1 fully saturated rings. The minimum Gasteiger partial charge on any atom is -0.393 e. The Morgan fingerprint density at radius 3 is 2.11 bits per heavy atom. The van der Waals surface area contributed by atoms with Gasteiger partial charge in [-0.25, -0.2) is 17.5 Å². The number of halogens is 1. The smallest absolute Gasteiger partial charge is 0.233 e. The SMILES string of the molecule is CS(=O)(=O)NCCCc1ccc(N2C(=O)C(CCC(=O)c3ccc(F)cc3)[C@H]2c2ccc(CCC(O)(CO)CO)cc2)cc1. The van der Waals surface area contributed by atoms with Crippen molar-refractivity contribution in [2.45, 2.75) is 50.2 Å². The molecule has 0 aromatic heterocycles. The molecular weight excluding hydrogens is 587 g/mol. The fourth-order valence-electron chi connectivity index (χ4n) is 5.41. The standard InChI is InChI=1S/C33H39FN2O7S/c1-44(42,43)35-20-2-3-23-6-14-28(15-7-23)36-31(26-8-4-24(5-9-26)18-19-33(41,21-37)22-38)29(32(36)40)16-17-30(39)25-10-12-27(34)13-11-25/h4-15,29,31,35,37-38,41H,2-3,16-22H2,1H3/t29?,31-/m1/s1. The first-order valence-corrected chi connectivity index (χ1v) is 16.5. The van der Waals surface area contributed by atoms with Gasteiger partial charge in [-0.1, -0.05) is 36.4 Å². The van der Waals surface area contributed by atoms with Gasteiger partial charge in [-0.15, -0.1) is 0 Å². The van der Waals surface area contributed by atoms with Crippen LogP contribution in [0.4, 0.5) is 10.1 Å². The molecule has 1 aliphatic rings. The van der Waals surface area contributed by atoms with Gasteiger partial charge in [0.05, 0.1) is 31.4 Å². The number of anilines is 1. The van der Waals surface area contributed by atoms with Gasteiger partial charge in [0, 0.05) is 24.2 Å². The molecule has 11 heteroatoms. The highest BCUT2D eigenvalue weighted by molar-refractivity contribution is 7.88. The van der Waals surface area contributed by atoms with Crippen LogP contribution in [0, 0.1) is 11.7 Å². The van der Waals surface area contributed by atoms with E-state index < -0.39 is 40.6 Å². The lowest BCUT2D eigenvalue weighted by Gasteiger charge is -2.47. The number of nitrogens with one attached hydrogen (secondary N) is 1. The lowest BCUT2D eigenvalue weighted by molar-refractivity contribution is -0.130. The quantitative estimate of drug-likeness (QED) is 0.109. The molecule has 0 aliphatic carbocycles. The second-order valence-corrected chi connectivity index (χ2v) is 13.3. The number of ketones is 1. The summed E-state index contributed by atoms with van der Waals surface area (Å²) in [5, 5.41) is 28.9. The molecule has 3 aromatic rings. The molecule has 0 radical (unpaired) electrons. The van der Waals surface area contributed by atoms with E-state index in [2.05, 4.69) is 4.72 Å². The maximum Gasteiger partial charge on any atom is 0.233 e. The van der Waals surface area contributed by atoms with E-state index in [0.29, 0.717) is 43.5 Å². The molecule has 2 atom stereocenters. The largest absolute Gasteiger partial charge is 0.393 e. The van der Waals surface area contributed by atoms with Gasteiger partial charge in [0.2, 0.25) is 15.9 Å². The first kappa shape index (κ1) is 33.4. The third kappa shape index (κ3) is 8.58. The summed E-state index contributed by atoms with van der Waals surface area (Å²) in [4.78, 5) is 28.0. The average Bonchev–Trinajstić information content (AvgIpc) is 3.01. The predicted octanol–water partition coefficient (Wildman–Crippen LogP) is 3.32. The normalized spacial score (nSPS) is 17.0. The molecular formula is C33H39FN2O7S. The lowest BCUT2D eigenvalue weighted by atomic mass is 9.78. The molecule has 4 N–H and O–H groups in total. The minimum atomic E-state index is -3.24. The molecule has 3 aromatic carbocycles. The first-order chi connectivity index (χ1) is 20.9. The van der Waals surface area contributed by atoms with E-state index in [9.17, 15) is 37.7 Å². The highest BCUT2D eigenvalue weighted by Gasteiger charge is 2.48. The maximum absolute atomic E-state index is 13.5. The Morgan fingerprint density at radius 1 is 0.932 bits per heavy atom. The molecule has 0 spiro atoms. The summed E-state index contributed by atoms with van der Waals surface area (Å²) in [6.45, 7) is -0.758. The van der Waals surface area contributed by atoms with E-state index >= 15 is 0 Å². The van der Waals surface area contributed by atoms with Crippen LogP contribution in [-0.2, 0) is 27.7 Å². The second-order valence-electron chi connectivity index (χ2n) is 11.4. The van der Waals surface area contributed by atoms with E-state index in [4.69, 9.17) is 0 Å². The van der Waals surface area contributed by atoms with E-state index in [1.165, 1.54) is 24.3 Å². The Kier molecular flexibility index (Phi) is 11.0. The van der Waals surface area contributed by atoms with Crippen molar-refractivity contribution in [1.29, 1.82) is 0 Å². The number of benzene rings is 3. The summed E-state index contributed by atoms with van der Waals surface area (Å²) < 4.78 is 38.4. The molecule has 44 heavy (non-hydrogen) atoms. The van der Waals surface area contributed by atoms with Gasteiger partial charge in [0.15, 0.2) is 5.78 Å². The van der Waals surface area contributed by atoms with Gasteiger partial charge < -0.3 is 20.2 Å². The number of hydrogen-bond donors (Lipinski definition) is 4. The highest BCUT2D eigenvalue weighted by atomic mass is 32.2. The number of amides is 1. The van der Waals surface area contributed by atoms with Crippen LogP contribution in [-0.4, -0.2) is 67.0 Å². The fraction of sp³-hybridized carbons (Fsp3) is 0.394. The van der Waals surface area contributed by atoms with Crippen LogP contribution in [0.25, 0.3) is 0 Å². The Bertz CT molecular complexity index is 1520.